The lowest BCUT2D eigenvalue weighted by atomic mass is 9.95. The number of piperazine rings is 1. The van der Waals surface area contributed by atoms with Crippen LogP contribution in [0.25, 0.3) is 0 Å². The summed E-state index contributed by atoms with van der Waals surface area (Å²) >= 11 is 0. The zero-order chi connectivity index (χ0) is 12.6. The van der Waals surface area contributed by atoms with E-state index in [0.717, 1.165) is 0 Å². The minimum atomic E-state index is 0.310. The quantitative estimate of drug-likeness (QED) is 0.678. The number of hydrogen-bond donors (Lipinski definition) is 0. The molecule has 2 nitrogen and oxygen atoms in total. The second kappa shape index (κ2) is 4.66. The second-order valence-electron chi connectivity index (χ2n) is 7.04. The summed E-state index contributed by atoms with van der Waals surface area (Å²) in [6.45, 7) is 19.9. The van der Waals surface area contributed by atoms with Crippen molar-refractivity contribution in [2.45, 2.75) is 72.0 Å². The Kier molecular flexibility index (Phi) is 4.07. The fourth-order valence-electron chi connectivity index (χ4n) is 2.70. The van der Waals surface area contributed by atoms with Crippen molar-refractivity contribution in [2.75, 3.05) is 19.6 Å². The minimum absolute atomic E-state index is 0.310. The van der Waals surface area contributed by atoms with Crippen molar-refractivity contribution in [3.63, 3.8) is 0 Å². The lowest BCUT2D eigenvalue weighted by Crippen LogP contribution is -2.62. The van der Waals surface area contributed by atoms with Crippen LogP contribution in [0.3, 0.4) is 0 Å². The van der Waals surface area contributed by atoms with Gasteiger partial charge in [-0.3, -0.25) is 9.80 Å². The van der Waals surface area contributed by atoms with Gasteiger partial charge in [0.05, 0.1) is 0 Å². The molecule has 0 spiro atoms. The fraction of sp³-hybridized carbons (Fsp3) is 1.00. The van der Waals surface area contributed by atoms with E-state index in [-0.39, 0.29) is 0 Å². The van der Waals surface area contributed by atoms with Gasteiger partial charge in [-0.1, -0.05) is 6.92 Å². The molecule has 0 bridgehead atoms. The first-order valence-electron chi connectivity index (χ1n) is 6.68. The highest BCUT2D eigenvalue weighted by Gasteiger charge is 2.35. The van der Waals surface area contributed by atoms with E-state index in [4.69, 9.17) is 0 Å². The van der Waals surface area contributed by atoms with Gasteiger partial charge < -0.3 is 0 Å². The van der Waals surface area contributed by atoms with Crippen molar-refractivity contribution in [1.29, 1.82) is 0 Å². The van der Waals surface area contributed by atoms with Crippen molar-refractivity contribution < 1.29 is 0 Å². The molecule has 1 atom stereocenters. The Balaban J connectivity index is 2.72. The summed E-state index contributed by atoms with van der Waals surface area (Å²) in [4.78, 5) is 5.30. The zero-order valence-electron chi connectivity index (χ0n) is 12.3. The number of rotatable bonds is 1. The normalized spacial score (nSPS) is 26.1. The van der Waals surface area contributed by atoms with Gasteiger partial charge in [-0.05, 0) is 48.0 Å². The van der Waals surface area contributed by atoms with Gasteiger partial charge in [0, 0.05) is 36.8 Å². The highest BCUT2D eigenvalue weighted by molar-refractivity contribution is 4.92. The van der Waals surface area contributed by atoms with Crippen molar-refractivity contribution in [1.82, 2.24) is 9.80 Å². The van der Waals surface area contributed by atoms with Crippen LogP contribution < -0.4 is 0 Å². The van der Waals surface area contributed by atoms with Crippen molar-refractivity contribution in [2.24, 2.45) is 0 Å². The molecule has 0 aliphatic carbocycles. The Labute approximate surface area is 102 Å². The molecule has 0 saturated carbocycles. The lowest BCUT2D eigenvalue weighted by molar-refractivity contribution is -0.0231. The molecule has 1 saturated heterocycles. The summed E-state index contributed by atoms with van der Waals surface area (Å²) < 4.78 is 0. The van der Waals surface area contributed by atoms with E-state index in [1.807, 2.05) is 0 Å². The summed E-state index contributed by atoms with van der Waals surface area (Å²) in [5.74, 6) is 0. The number of hydrogen-bond acceptors (Lipinski definition) is 2. The lowest BCUT2D eigenvalue weighted by Gasteiger charge is -2.51. The van der Waals surface area contributed by atoms with Crippen LogP contribution in [-0.4, -0.2) is 46.6 Å². The maximum absolute atomic E-state index is 2.68. The highest BCUT2D eigenvalue weighted by Crippen LogP contribution is 2.26. The summed E-state index contributed by atoms with van der Waals surface area (Å²) in [5, 5.41) is 0. The molecule has 1 aliphatic heterocycles. The van der Waals surface area contributed by atoms with E-state index >= 15 is 0 Å². The molecule has 0 aromatic carbocycles. The van der Waals surface area contributed by atoms with Crippen LogP contribution in [0, 0.1) is 0 Å². The molecule has 1 fully saturated rings. The van der Waals surface area contributed by atoms with E-state index < -0.39 is 0 Å². The summed E-state index contributed by atoms with van der Waals surface area (Å²) in [6.07, 6.45) is 1.25. The monoisotopic (exact) mass is 226 g/mol. The molecule has 0 aromatic heterocycles. The molecular weight excluding hydrogens is 196 g/mol. The van der Waals surface area contributed by atoms with Gasteiger partial charge in [-0.25, -0.2) is 0 Å². The maximum Gasteiger partial charge on any atom is 0.0226 e. The molecule has 2 heteroatoms. The summed E-state index contributed by atoms with van der Waals surface area (Å²) in [7, 11) is 0. The summed E-state index contributed by atoms with van der Waals surface area (Å²) in [5.41, 5.74) is 0.627. The smallest absolute Gasteiger partial charge is 0.0226 e. The van der Waals surface area contributed by atoms with Crippen LogP contribution in [0.15, 0.2) is 0 Å². The van der Waals surface area contributed by atoms with Gasteiger partial charge in [0.1, 0.15) is 0 Å². The molecule has 0 radical (unpaired) electrons. The zero-order valence-corrected chi connectivity index (χ0v) is 12.3. The third-order valence-corrected chi connectivity index (χ3v) is 3.76. The first kappa shape index (κ1) is 14.0. The van der Waals surface area contributed by atoms with Crippen LogP contribution in [0.1, 0.15) is 54.9 Å². The first-order chi connectivity index (χ1) is 7.16. The fourth-order valence-corrected chi connectivity index (χ4v) is 2.70. The standard InChI is InChI=1S/C14H30N2/c1-8-12-11-15(13(2,3)4)9-10-16(12)14(5,6)7/h12H,8-11H2,1-7H3/t12-/m0/s1. The van der Waals surface area contributed by atoms with Crippen LogP contribution in [0.4, 0.5) is 0 Å². The topological polar surface area (TPSA) is 6.48 Å². The van der Waals surface area contributed by atoms with Crippen LogP contribution in [0.2, 0.25) is 0 Å². The minimum Gasteiger partial charge on any atom is -0.296 e. The molecule has 96 valence electrons. The van der Waals surface area contributed by atoms with Gasteiger partial charge in [-0.2, -0.15) is 0 Å². The van der Waals surface area contributed by atoms with E-state index in [2.05, 4.69) is 58.3 Å². The Morgan fingerprint density at radius 1 is 0.938 bits per heavy atom. The first-order valence-corrected chi connectivity index (χ1v) is 6.68. The maximum atomic E-state index is 2.68. The average molecular weight is 226 g/mol. The van der Waals surface area contributed by atoms with Crippen LogP contribution in [0.5, 0.6) is 0 Å². The summed E-state index contributed by atoms with van der Waals surface area (Å²) in [6, 6.07) is 0.716. The van der Waals surface area contributed by atoms with E-state index in [0.29, 0.717) is 17.1 Å². The van der Waals surface area contributed by atoms with Crippen LogP contribution in [-0.2, 0) is 0 Å². The predicted octanol–water partition coefficient (Wildman–Crippen LogP) is 2.98. The van der Waals surface area contributed by atoms with Crippen LogP contribution >= 0.6 is 0 Å². The van der Waals surface area contributed by atoms with Crippen molar-refractivity contribution in [3.05, 3.63) is 0 Å². The van der Waals surface area contributed by atoms with Gasteiger partial charge >= 0.3 is 0 Å². The van der Waals surface area contributed by atoms with Gasteiger partial charge in [0.15, 0.2) is 0 Å². The molecule has 1 rings (SSSR count). The Hall–Kier alpha value is -0.0800. The molecule has 0 N–H and O–H groups in total. The molecular formula is C14H30N2. The number of nitrogens with zero attached hydrogens (tertiary/aromatic N) is 2. The van der Waals surface area contributed by atoms with E-state index in [1.165, 1.54) is 26.1 Å². The third kappa shape index (κ3) is 3.21. The molecule has 0 aromatic rings. The average Bonchev–Trinajstić information content (AvgIpc) is 2.14. The highest BCUT2D eigenvalue weighted by atomic mass is 15.3. The van der Waals surface area contributed by atoms with E-state index in [1.54, 1.807) is 0 Å². The molecule has 1 aliphatic rings. The van der Waals surface area contributed by atoms with Gasteiger partial charge in [-0.15, -0.1) is 0 Å². The van der Waals surface area contributed by atoms with Crippen molar-refractivity contribution >= 4 is 0 Å². The Bertz CT molecular complexity index is 222. The second-order valence-corrected chi connectivity index (χ2v) is 7.04. The van der Waals surface area contributed by atoms with Gasteiger partial charge in [0.25, 0.3) is 0 Å². The molecule has 1 heterocycles. The Morgan fingerprint density at radius 3 is 1.88 bits per heavy atom. The third-order valence-electron chi connectivity index (χ3n) is 3.76. The van der Waals surface area contributed by atoms with E-state index in [9.17, 15) is 0 Å². The van der Waals surface area contributed by atoms with Crippen molar-refractivity contribution in [3.8, 4) is 0 Å². The predicted molar refractivity (Wildman–Crippen MR) is 71.9 cm³/mol. The Morgan fingerprint density at radius 2 is 1.50 bits per heavy atom. The SMILES string of the molecule is CC[C@H]1CN(C(C)(C)C)CCN1C(C)(C)C. The largest absolute Gasteiger partial charge is 0.296 e. The van der Waals surface area contributed by atoms with Gasteiger partial charge in [0.2, 0.25) is 0 Å². The molecule has 0 unspecified atom stereocenters. The molecule has 16 heavy (non-hydrogen) atoms. The molecule has 0 amide bonds.